The molecular formula is C41H58O5. The van der Waals surface area contributed by atoms with Crippen LogP contribution >= 0.6 is 0 Å². The predicted octanol–water partition coefficient (Wildman–Crippen LogP) is 9.59. The summed E-state index contributed by atoms with van der Waals surface area (Å²) in [6, 6.07) is 7.68. The highest BCUT2D eigenvalue weighted by molar-refractivity contribution is 5.87. The highest BCUT2D eigenvalue weighted by Crippen LogP contribution is 2.76. The molecule has 0 aromatic heterocycles. The summed E-state index contributed by atoms with van der Waals surface area (Å²) in [5, 5.41) is 0. The Morgan fingerprint density at radius 2 is 1.52 bits per heavy atom. The van der Waals surface area contributed by atoms with Crippen LogP contribution < -0.4 is 4.74 Å². The van der Waals surface area contributed by atoms with E-state index in [1.165, 1.54) is 6.42 Å². The van der Waals surface area contributed by atoms with E-state index >= 15 is 0 Å². The first-order valence-corrected chi connectivity index (χ1v) is 17.9. The van der Waals surface area contributed by atoms with Gasteiger partial charge in [0.25, 0.3) is 0 Å². The minimum absolute atomic E-state index is 0.0207. The molecule has 0 amide bonds. The molecule has 1 aromatic carbocycles. The number of fused-ring (bicyclic) bond motifs is 7. The molecule has 0 radical (unpaired) electrons. The molecule has 0 heterocycles. The van der Waals surface area contributed by atoms with Gasteiger partial charge in [-0.3, -0.25) is 4.79 Å². The van der Waals surface area contributed by atoms with Gasteiger partial charge < -0.3 is 14.2 Å². The van der Waals surface area contributed by atoms with Crippen molar-refractivity contribution in [1.29, 1.82) is 0 Å². The van der Waals surface area contributed by atoms with Crippen LogP contribution in [0.15, 0.2) is 42.0 Å². The van der Waals surface area contributed by atoms with Gasteiger partial charge in [0.15, 0.2) is 0 Å². The fourth-order valence-corrected chi connectivity index (χ4v) is 12.1. The third-order valence-corrected chi connectivity index (χ3v) is 15.0. The molecule has 6 rings (SSSR count). The van der Waals surface area contributed by atoms with Gasteiger partial charge in [0, 0.05) is 11.5 Å². The maximum atomic E-state index is 13.5. The van der Waals surface area contributed by atoms with E-state index in [2.05, 4.69) is 54.5 Å². The molecule has 5 nitrogen and oxygen atoms in total. The van der Waals surface area contributed by atoms with E-state index in [0.717, 1.165) is 69.1 Å². The molecule has 0 bridgehead atoms. The van der Waals surface area contributed by atoms with Crippen LogP contribution in [-0.2, 0) is 19.1 Å². The second-order valence-corrected chi connectivity index (χ2v) is 17.8. The number of rotatable bonds is 5. The van der Waals surface area contributed by atoms with E-state index in [1.807, 2.05) is 30.3 Å². The lowest BCUT2D eigenvalue weighted by atomic mass is 9.33. The van der Waals surface area contributed by atoms with E-state index in [4.69, 9.17) is 14.2 Å². The predicted molar refractivity (Wildman–Crippen MR) is 183 cm³/mol. The van der Waals surface area contributed by atoms with Crippen molar-refractivity contribution in [3.63, 3.8) is 0 Å². The van der Waals surface area contributed by atoms with Crippen LogP contribution in [0.4, 0.5) is 0 Å². The fourth-order valence-electron chi connectivity index (χ4n) is 12.1. The van der Waals surface area contributed by atoms with Gasteiger partial charge in [-0.2, -0.15) is 0 Å². The monoisotopic (exact) mass is 630 g/mol. The van der Waals surface area contributed by atoms with Crippen molar-refractivity contribution in [3.8, 4) is 5.75 Å². The van der Waals surface area contributed by atoms with Crippen LogP contribution in [0.25, 0.3) is 6.08 Å². The minimum atomic E-state index is -0.369. The molecule has 0 N–H and O–H groups in total. The molecule has 5 aliphatic rings. The number of benzene rings is 1. The number of hydrogen-bond acceptors (Lipinski definition) is 5. The van der Waals surface area contributed by atoms with Gasteiger partial charge in [0.1, 0.15) is 11.9 Å². The van der Waals surface area contributed by atoms with Crippen molar-refractivity contribution >= 4 is 18.0 Å². The van der Waals surface area contributed by atoms with Crippen molar-refractivity contribution in [3.05, 3.63) is 47.6 Å². The smallest absolute Gasteiger partial charge is 0.331 e. The van der Waals surface area contributed by atoms with E-state index < -0.39 is 0 Å². The topological polar surface area (TPSA) is 61.8 Å². The summed E-state index contributed by atoms with van der Waals surface area (Å²) in [7, 11) is 3.24. The summed E-state index contributed by atoms with van der Waals surface area (Å²) in [5.41, 5.74) is 2.64. The summed E-state index contributed by atoms with van der Waals surface area (Å²) in [4.78, 5) is 26.6. The Morgan fingerprint density at radius 3 is 2.20 bits per heavy atom. The summed E-state index contributed by atoms with van der Waals surface area (Å²) in [5.74, 6) is 1.85. The second-order valence-electron chi connectivity index (χ2n) is 17.8. The van der Waals surface area contributed by atoms with E-state index in [-0.39, 0.29) is 56.5 Å². The molecule has 4 saturated carbocycles. The van der Waals surface area contributed by atoms with Gasteiger partial charge in [0.2, 0.25) is 0 Å². The van der Waals surface area contributed by atoms with Gasteiger partial charge in [-0.15, -0.1) is 0 Å². The van der Waals surface area contributed by atoms with Crippen LogP contribution in [0.3, 0.4) is 0 Å². The van der Waals surface area contributed by atoms with Gasteiger partial charge in [-0.25, -0.2) is 4.79 Å². The normalized spacial score (nSPS) is 40.8. The van der Waals surface area contributed by atoms with Gasteiger partial charge in [-0.1, -0.05) is 72.2 Å². The second kappa shape index (κ2) is 11.3. The SMILES string of the molecule is COC(=O)[C@]12CCC(C)(C)C[C@H]1C1=CC[C@@H]3[C@@]4(C)CC[C@H](OC(=O)C=Cc5ccc(OC)cc5)C(C)(C)[C@@H]4CC[C@@]3(C)[C@]1(C)CC2. The average molecular weight is 631 g/mol. The van der Waals surface area contributed by atoms with Crippen LogP contribution in [0.5, 0.6) is 5.75 Å². The lowest BCUT2D eigenvalue weighted by molar-refractivity contribution is -0.212. The largest absolute Gasteiger partial charge is 0.497 e. The molecule has 8 atom stereocenters. The molecule has 5 heteroatoms. The first-order valence-electron chi connectivity index (χ1n) is 17.9. The minimum Gasteiger partial charge on any atom is -0.497 e. The molecule has 4 fully saturated rings. The molecule has 5 aliphatic carbocycles. The number of hydrogen-bond donors (Lipinski definition) is 0. The molecule has 0 unspecified atom stereocenters. The summed E-state index contributed by atoms with van der Waals surface area (Å²) < 4.78 is 17.0. The van der Waals surface area contributed by atoms with Crippen molar-refractivity contribution in [2.24, 2.45) is 50.2 Å². The Labute approximate surface area is 277 Å². The van der Waals surface area contributed by atoms with Crippen molar-refractivity contribution in [2.75, 3.05) is 14.2 Å². The van der Waals surface area contributed by atoms with Crippen LogP contribution in [0.2, 0.25) is 0 Å². The number of carbonyl (C=O) groups is 2. The maximum Gasteiger partial charge on any atom is 0.331 e. The van der Waals surface area contributed by atoms with E-state index in [1.54, 1.807) is 25.9 Å². The van der Waals surface area contributed by atoms with E-state index in [0.29, 0.717) is 11.8 Å². The summed E-state index contributed by atoms with van der Waals surface area (Å²) in [6.45, 7) is 17.2. The first kappa shape index (κ1) is 33.3. The highest BCUT2D eigenvalue weighted by Gasteiger charge is 2.69. The van der Waals surface area contributed by atoms with Gasteiger partial charge in [0.05, 0.1) is 19.6 Å². The van der Waals surface area contributed by atoms with Crippen molar-refractivity contribution in [1.82, 2.24) is 0 Å². The highest BCUT2D eigenvalue weighted by atomic mass is 16.5. The molecule has 1 aromatic rings. The van der Waals surface area contributed by atoms with Gasteiger partial charge >= 0.3 is 11.9 Å². The molecule has 0 aliphatic heterocycles. The molecule has 0 saturated heterocycles. The quantitative estimate of drug-likeness (QED) is 0.184. The molecule has 252 valence electrons. The Kier molecular flexibility index (Phi) is 8.16. The zero-order chi connectivity index (χ0) is 33.3. The van der Waals surface area contributed by atoms with Crippen molar-refractivity contribution in [2.45, 2.75) is 119 Å². The van der Waals surface area contributed by atoms with Crippen LogP contribution in [0, 0.1) is 50.2 Å². The average Bonchev–Trinajstić information content (AvgIpc) is 3.01. The van der Waals surface area contributed by atoms with E-state index in [9.17, 15) is 9.59 Å². The number of methoxy groups -OCH3 is 2. The Hall–Kier alpha value is -2.56. The molecular weight excluding hydrogens is 572 g/mol. The first-order chi connectivity index (χ1) is 21.6. The van der Waals surface area contributed by atoms with Crippen molar-refractivity contribution < 1.29 is 23.8 Å². The van der Waals surface area contributed by atoms with Crippen LogP contribution in [-0.4, -0.2) is 32.3 Å². The number of allylic oxidation sites excluding steroid dienone is 2. The Bertz CT molecular complexity index is 1420. The molecule has 0 spiro atoms. The lowest BCUT2D eigenvalue weighted by Gasteiger charge is -2.71. The molecule has 46 heavy (non-hydrogen) atoms. The fraction of sp³-hybridized carbons (Fsp3) is 0.707. The lowest BCUT2D eigenvalue weighted by Crippen LogP contribution is -2.65. The number of ether oxygens (including phenoxy) is 3. The maximum absolute atomic E-state index is 13.5. The van der Waals surface area contributed by atoms with Gasteiger partial charge in [-0.05, 0) is 127 Å². The zero-order valence-corrected chi connectivity index (χ0v) is 30.0. The van der Waals surface area contributed by atoms with Crippen LogP contribution in [0.1, 0.15) is 118 Å². The standard InChI is InChI=1S/C41H58O5/c1-36(2)22-24-41(35(43)45-9)25-23-39(6)29(30(41)26-36)15-16-32-38(5)20-19-33(37(3,4)31(38)18-21-40(32,39)7)46-34(42)17-12-27-10-13-28(44-8)14-11-27/h10-15,17,30-33H,16,18-26H2,1-9H3/t30-,31-,32+,33-,38-,39+,40+,41-/m0/s1. The zero-order valence-electron chi connectivity index (χ0n) is 30.0. The summed E-state index contributed by atoms with van der Waals surface area (Å²) >= 11 is 0. The summed E-state index contributed by atoms with van der Waals surface area (Å²) in [6.07, 6.45) is 16.4. The Balaban J connectivity index is 1.25. The third kappa shape index (κ3) is 4.91. The number of carbonyl (C=O) groups excluding carboxylic acids is 2. The third-order valence-electron chi connectivity index (χ3n) is 15.0. The Morgan fingerprint density at radius 1 is 0.826 bits per heavy atom. The number of esters is 2.